The van der Waals surface area contributed by atoms with Crippen LogP contribution in [0, 0.1) is 0 Å². The van der Waals surface area contributed by atoms with Gasteiger partial charge in [0.25, 0.3) is 5.91 Å². The number of nitrogens with zero attached hydrogens (tertiary/aromatic N) is 1. The first-order valence-corrected chi connectivity index (χ1v) is 8.27. The summed E-state index contributed by atoms with van der Waals surface area (Å²) in [7, 11) is 0. The quantitative estimate of drug-likeness (QED) is 0.522. The Bertz CT molecular complexity index is 916. The van der Waals surface area contributed by atoms with Crippen LogP contribution in [0.3, 0.4) is 0 Å². The predicted octanol–water partition coefficient (Wildman–Crippen LogP) is 4.68. The van der Waals surface area contributed by atoms with Crippen molar-refractivity contribution in [3.8, 4) is 5.75 Å². The maximum absolute atomic E-state index is 11.9. The molecule has 25 heavy (non-hydrogen) atoms. The summed E-state index contributed by atoms with van der Waals surface area (Å²) in [6.07, 6.45) is 1.40. The van der Waals surface area contributed by atoms with Gasteiger partial charge in [0.05, 0.1) is 16.3 Å². The molecule has 0 atom stereocenters. The third-order valence-corrected chi connectivity index (χ3v) is 4.15. The molecular weight excluding hydrogens is 359 g/mol. The molecule has 0 saturated heterocycles. The molecule has 3 rings (SSSR count). The number of hydrogen-bond donors (Lipinski definition) is 1. The zero-order chi connectivity index (χ0) is 17.6. The van der Waals surface area contributed by atoms with Crippen molar-refractivity contribution >= 4 is 46.1 Å². The standard InChI is InChI=1S/C19H14Cl2N2O2/c20-16-8-4-9-17(21)15(16)11-22-23-19(24)12-25-18-10-3-6-13-5-1-2-7-14(13)18/h1-11H,12H2,(H,23,24)/b22-11+. The molecule has 0 fully saturated rings. The van der Waals surface area contributed by atoms with Crippen LogP contribution in [-0.2, 0) is 4.79 Å². The Hall–Kier alpha value is -2.56. The molecule has 126 valence electrons. The van der Waals surface area contributed by atoms with E-state index in [1.54, 1.807) is 18.2 Å². The van der Waals surface area contributed by atoms with Crippen LogP contribution in [0.15, 0.2) is 65.8 Å². The topological polar surface area (TPSA) is 50.7 Å². The highest BCUT2D eigenvalue weighted by Crippen LogP contribution is 2.25. The van der Waals surface area contributed by atoms with E-state index in [2.05, 4.69) is 10.5 Å². The van der Waals surface area contributed by atoms with Crippen molar-refractivity contribution < 1.29 is 9.53 Å². The summed E-state index contributed by atoms with van der Waals surface area (Å²) in [5.74, 6) is 0.263. The summed E-state index contributed by atoms with van der Waals surface area (Å²) in [6.45, 7) is -0.151. The fourth-order valence-electron chi connectivity index (χ4n) is 2.30. The molecule has 3 aromatic carbocycles. The average Bonchev–Trinajstić information content (AvgIpc) is 2.62. The Morgan fingerprint density at radius 2 is 1.68 bits per heavy atom. The molecule has 0 aromatic heterocycles. The van der Waals surface area contributed by atoms with E-state index in [1.807, 2.05) is 42.5 Å². The SMILES string of the molecule is O=C(COc1cccc2ccccc12)N/N=C/c1c(Cl)cccc1Cl. The maximum Gasteiger partial charge on any atom is 0.277 e. The van der Waals surface area contributed by atoms with Crippen LogP contribution in [0.2, 0.25) is 10.0 Å². The third-order valence-electron chi connectivity index (χ3n) is 3.49. The van der Waals surface area contributed by atoms with E-state index in [4.69, 9.17) is 27.9 Å². The van der Waals surface area contributed by atoms with Crippen LogP contribution < -0.4 is 10.2 Å². The number of rotatable bonds is 5. The van der Waals surface area contributed by atoms with Crippen molar-refractivity contribution in [3.05, 3.63) is 76.3 Å². The number of nitrogens with one attached hydrogen (secondary N) is 1. The van der Waals surface area contributed by atoms with Gasteiger partial charge in [0.1, 0.15) is 5.75 Å². The Kier molecular flexibility index (Phi) is 5.53. The number of amides is 1. The van der Waals surface area contributed by atoms with Gasteiger partial charge in [0.2, 0.25) is 0 Å². The lowest BCUT2D eigenvalue weighted by molar-refractivity contribution is -0.123. The molecule has 0 aliphatic carbocycles. The number of carbonyl (C=O) groups excluding carboxylic acids is 1. The van der Waals surface area contributed by atoms with Gasteiger partial charge in [-0.15, -0.1) is 0 Å². The van der Waals surface area contributed by atoms with Gasteiger partial charge < -0.3 is 4.74 Å². The number of ether oxygens (including phenoxy) is 1. The first kappa shape index (κ1) is 17.3. The van der Waals surface area contributed by atoms with Gasteiger partial charge >= 0.3 is 0 Å². The van der Waals surface area contributed by atoms with Gasteiger partial charge in [0, 0.05) is 10.9 Å². The van der Waals surface area contributed by atoms with E-state index < -0.39 is 0 Å². The Morgan fingerprint density at radius 3 is 2.48 bits per heavy atom. The average molecular weight is 373 g/mol. The summed E-state index contributed by atoms with van der Waals surface area (Å²) < 4.78 is 5.59. The van der Waals surface area contributed by atoms with Gasteiger partial charge in [-0.25, -0.2) is 5.43 Å². The summed E-state index contributed by atoms with van der Waals surface area (Å²) >= 11 is 12.1. The first-order chi connectivity index (χ1) is 12.1. The highest BCUT2D eigenvalue weighted by atomic mass is 35.5. The zero-order valence-electron chi connectivity index (χ0n) is 13.1. The van der Waals surface area contributed by atoms with Gasteiger partial charge in [-0.3, -0.25) is 4.79 Å². The van der Waals surface area contributed by atoms with Gasteiger partial charge in [-0.05, 0) is 23.6 Å². The lowest BCUT2D eigenvalue weighted by Crippen LogP contribution is -2.24. The lowest BCUT2D eigenvalue weighted by Gasteiger charge is -2.08. The van der Waals surface area contributed by atoms with E-state index in [1.165, 1.54) is 6.21 Å². The predicted molar refractivity (Wildman–Crippen MR) is 102 cm³/mol. The van der Waals surface area contributed by atoms with Crippen molar-refractivity contribution in [3.63, 3.8) is 0 Å². The molecule has 4 nitrogen and oxygen atoms in total. The van der Waals surface area contributed by atoms with Crippen molar-refractivity contribution in [2.24, 2.45) is 5.10 Å². The monoisotopic (exact) mass is 372 g/mol. The smallest absolute Gasteiger partial charge is 0.277 e. The molecule has 6 heteroatoms. The van der Waals surface area contributed by atoms with E-state index in [0.717, 1.165) is 10.8 Å². The molecule has 0 aliphatic rings. The van der Waals surface area contributed by atoms with E-state index in [9.17, 15) is 4.79 Å². The molecular formula is C19H14Cl2N2O2. The number of hydrogen-bond acceptors (Lipinski definition) is 3. The minimum atomic E-state index is -0.382. The van der Waals surface area contributed by atoms with Crippen molar-refractivity contribution in [2.45, 2.75) is 0 Å². The number of halogens is 2. The second-order valence-electron chi connectivity index (χ2n) is 5.19. The minimum Gasteiger partial charge on any atom is -0.483 e. The number of carbonyl (C=O) groups is 1. The molecule has 0 heterocycles. The largest absolute Gasteiger partial charge is 0.483 e. The van der Waals surface area contributed by atoms with Crippen molar-refractivity contribution in [1.29, 1.82) is 0 Å². The van der Waals surface area contributed by atoms with Crippen LogP contribution in [0.25, 0.3) is 10.8 Å². The second kappa shape index (κ2) is 8.01. The normalized spacial score (nSPS) is 11.0. The number of fused-ring (bicyclic) bond motifs is 1. The van der Waals surface area contributed by atoms with Gasteiger partial charge in [0.15, 0.2) is 6.61 Å². The van der Waals surface area contributed by atoms with Crippen LogP contribution in [0.5, 0.6) is 5.75 Å². The molecule has 0 aliphatic heterocycles. The van der Waals surface area contributed by atoms with E-state index >= 15 is 0 Å². The summed E-state index contributed by atoms with van der Waals surface area (Å²) in [6, 6.07) is 18.6. The molecule has 1 amide bonds. The first-order valence-electron chi connectivity index (χ1n) is 7.51. The van der Waals surface area contributed by atoms with Crippen LogP contribution in [0.1, 0.15) is 5.56 Å². The highest BCUT2D eigenvalue weighted by molar-refractivity contribution is 6.38. The number of hydrazone groups is 1. The Labute approximate surface area is 155 Å². The summed E-state index contributed by atoms with van der Waals surface area (Å²) in [5.41, 5.74) is 2.93. The molecule has 0 unspecified atom stereocenters. The van der Waals surface area contributed by atoms with Gasteiger partial charge in [-0.1, -0.05) is 65.7 Å². The fraction of sp³-hybridized carbons (Fsp3) is 0.0526. The maximum atomic E-state index is 11.9. The molecule has 0 spiro atoms. The summed E-state index contributed by atoms with van der Waals surface area (Å²) in [5, 5.41) is 6.77. The molecule has 0 radical (unpaired) electrons. The zero-order valence-corrected chi connectivity index (χ0v) is 14.6. The van der Waals surface area contributed by atoms with Crippen molar-refractivity contribution in [1.82, 2.24) is 5.43 Å². The lowest BCUT2D eigenvalue weighted by atomic mass is 10.1. The highest BCUT2D eigenvalue weighted by Gasteiger charge is 2.06. The fourth-order valence-corrected chi connectivity index (χ4v) is 2.80. The van der Waals surface area contributed by atoms with E-state index in [-0.39, 0.29) is 12.5 Å². The molecule has 0 bridgehead atoms. The summed E-state index contributed by atoms with van der Waals surface area (Å²) in [4.78, 5) is 11.9. The number of benzene rings is 3. The molecule has 3 aromatic rings. The van der Waals surface area contributed by atoms with Crippen LogP contribution in [0.4, 0.5) is 0 Å². The second-order valence-corrected chi connectivity index (χ2v) is 6.01. The Morgan fingerprint density at radius 1 is 1.00 bits per heavy atom. The third kappa shape index (κ3) is 4.29. The van der Waals surface area contributed by atoms with Gasteiger partial charge in [-0.2, -0.15) is 5.10 Å². The molecule has 1 N–H and O–H groups in total. The van der Waals surface area contributed by atoms with Crippen LogP contribution >= 0.6 is 23.2 Å². The van der Waals surface area contributed by atoms with Crippen molar-refractivity contribution in [2.75, 3.05) is 6.61 Å². The molecule has 0 saturated carbocycles. The van der Waals surface area contributed by atoms with Crippen LogP contribution in [-0.4, -0.2) is 18.7 Å². The minimum absolute atomic E-state index is 0.151. The Balaban J connectivity index is 1.61. The van der Waals surface area contributed by atoms with E-state index in [0.29, 0.717) is 21.4 Å².